The second-order valence-electron chi connectivity index (χ2n) is 5.12. The van der Waals surface area contributed by atoms with Gasteiger partial charge >= 0.3 is 0 Å². The molecule has 0 aliphatic carbocycles. The predicted molar refractivity (Wildman–Crippen MR) is 75.4 cm³/mol. The Bertz CT molecular complexity index is 217. The summed E-state index contributed by atoms with van der Waals surface area (Å²) < 4.78 is 0. The molecule has 0 spiro atoms. The second-order valence-corrected chi connectivity index (χ2v) is 6.03. The Morgan fingerprint density at radius 1 is 1.59 bits per heavy atom. The predicted octanol–water partition coefficient (Wildman–Crippen LogP) is 1.88. The second kappa shape index (κ2) is 8.81. The number of nitrogens with one attached hydrogen (secondary N) is 2. The molecule has 2 unspecified atom stereocenters. The average molecular weight is 258 g/mol. The normalized spacial score (nSPS) is 22.1. The number of hydrogen-bond acceptors (Lipinski definition) is 3. The van der Waals surface area contributed by atoms with Crippen molar-refractivity contribution in [3.05, 3.63) is 0 Å². The lowest BCUT2D eigenvalue weighted by atomic mass is 9.94. The fourth-order valence-corrected chi connectivity index (χ4v) is 2.91. The number of thioether (sulfide) groups is 1. The third-order valence-electron chi connectivity index (χ3n) is 3.28. The van der Waals surface area contributed by atoms with Gasteiger partial charge in [-0.25, -0.2) is 0 Å². The van der Waals surface area contributed by atoms with Crippen molar-refractivity contribution >= 4 is 17.7 Å². The first kappa shape index (κ1) is 14.8. The molecule has 17 heavy (non-hydrogen) atoms. The van der Waals surface area contributed by atoms with Gasteiger partial charge in [0.05, 0.1) is 0 Å². The molecule has 0 aromatic carbocycles. The molecule has 100 valence electrons. The first-order valence-electron chi connectivity index (χ1n) is 6.68. The van der Waals surface area contributed by atoms with E-state index in [0.717, 1.165) is 31.8 Å². The minimum Gasteiger partial charge on any atom is -0.356 e. The van der Waals surface area contributed by atoms with Crippen LogP contribution in [-0.2, 0) is 4.79 Å². The van der Waals surface area contributed by atoms with Gasteiger partial charge in [0.2, 0.25) is 5.91 Å². The third kappa shape index (κ3) is 6.94. The summed E-state index contributed by atoms with van der Waals surface area (Å²) in [5, 5.41) is 6.43. The summed E-state index contributed by atoms with van der Waals surface area (Å²) in [6, 6.07) is 0. The van der Waals surface area contributed by atoms with E-state index in [2.05, 4.69) is 23.8 Å². The molecular formula is C13H26N2OS. The van der Waals surface area contributed by atoms with Gasteiger partial charge < -0.3 is 10.6 Å². The molecule has 1 fully saturated rings. The molecule has 1 saturated heterocycles. The van der Waals surface area contributed by atoms with E-state index in [-0.39, 0.29) is 5.91 Å². The fourth-order valence-electron chi connectivity index (χ4n) is 2.23. The van der Waals surface area contributed by atoms with Crippen LogP contribution < -0.4 is 10.6 Å². The summed E-state index contributed by atoms with van der Waals surface area (Å²) in [7, 11) is 0. The van der Waals surface area contributed by atoms with Crippen LogP contribution in [0.25, 0.3) is 0 Å². The highest BCUT2D eigenvalue weighted by Crippen LogP contribution is 2.15. The van der Waals surface area contributed by atoms with Gasteiger partial charge in [-0.3, -0.25) is 4.79 Å². The van der Waals surface area contributed by atoms with Crippen molar-refractivity contribution in [2.45, 2.75) is 32.6 Å². The molecule has 1 rings (SSSR count). The van der Waals surface area contributed by atoms with Crippen LogP contribution in [0.3, 0.4) is 0 Å². The molecule has 2 N–H and O–H groups in total. The van der Waals surface area contributed by atoms with Gasteiger partial charge in [0.1, 0.15) is 0 Å². The standard InChI is InChI=1S/C13H26N2OS/c1-11(10-17-2)8-15-13(16)6-5-12-4-3-7-14-9-12/h11-12,14H,3-10H2,1-2H3,(H,15,16). The topological polar surface area (TPSA) is 41.1 Å². The van der Waals surface area contributed by atoms with Crippen LogP contribution in [0, 0.1) is 11.8 Å². The van der Waals surface area contributed by atoms with Crippen LogP contribution in [0.5, 0.6) is 0 Å². The first-order valence-corrected chi connectivity index (χ1v) is 8.08. The summed E-state index contributed by atoms with van der Waals surface area (Å²) in [5.74, 6) is 2.62. The molecule has 1 heterocycles. The SMILES string of the molecule is CSCC(C)CNC(=O)CCC1CCCNC1. The Morgan fingerprint density at radius 2 is 2.41 bits per heavy atom. The van der Waals surface area contributed by atoms with E-state index in [9.17, 15) is 4.79 Å². The number of hydrogen-bond donors (Lipinski definition) is 2. The summed E-state index contributed by atoms with van der Waals surface area (Å²) in [6.45, 7) is 5.25. The van der Waals surface area contributed by atoms with E-state index < -0.39 is 0 Å². The maximum Gasteiger partial charge on any atom is 0.220 e. The zero-order chi connectivity index (χ0) is 12.5. The molecular weight excluding hydrogens is 232 g/mol. The molecule has 0 aromatic heterocycles. The van der Waals surface area contributed by atoms with E-state index in [4.69, 9.17) is 0 Å². The minimum absolute atomic E-state index is 0.225. The van der Waals surface area contributed by atoms with Gasteiger partial charge in [0, 0.05) is 13.0 Å². The highest BCUT2D eigenvalue weighted by Gasteiger charge is 2.14. The van der Waals surface area contributed by atoms with Crippen molar-refractivity contribution in [1.29, 1.82) is 0 Å². The van der Waals surface area contributed by atoms with Crippen molar-refractivity contribution < 1.29 is 4.79 Å². The zero-order valence-corrected chi connectivity index (χ0v) is 11.9. The highest BCUT2D eigenvalue weighted by atomic mass is 32.2. The largest absolute Gasteiger partial charge is 0.356 e. The van der Waals surface area contributed by atoms with Crippen LogP contribution in [0.2, 0.25) is 0 Å². The summed E-state index contributed by atoms with van der Waals surface area (Å²) in [6.07, 6.45) is 6.38. The quantitative estimate of drug-likeness (QED) is 0.732. The number of piperidine rings is 1. The van der Waals surface area contributed by atoms with Crippen molar-refractivity contribution in [1.82, 2.24) is 10.6 Å². The number of carbonyl (C=O) groups excluding carboxylic acids is 1. The number of amides is 1. The van der Waals surface area contributed by atoms with Gasteiger partial charge in [-0.05, 0) is 56.2 Å². The molecule has 1 amide bonds. The van der Waals surface area contributed by atoms with Crippen LogP contribution in [0.1, 0.15) is 32.6 Å². The van der Waals surface area contributed by atoms with Crippen LogP contribution in [-0.4, -0.2) is 37.6 Å². The van der Waals surface area contributed by atoms with Crippen LogP contribution >= 0.6 is 11.8 Å². The van der Waals surface area contributed by atoms with Crippen LogP contribution in [0.15, 0.2) is 0 Å². The summed E-state index contributed by atoms with van der Waals surface area (Å²) in [5.41, 5.74) is 0. The Kier molecular flexibility index (Phi) is 7.69. The minimum atomic E-state index is 0.225. The number of rotatable bonds is 7. The van der Waals surface area contributed by atoms with Gasteiger partial charge in [-0.2, -0.15) is 11.8 Å². The first-order chi connectivity index (χ1) is 8.22. The molecule has 1 aliphatic heterocycles. The third-order valence-corrected chi connectivity index (χ3v) is 4.18. The number of carbonyl (C=O) groups is 1. The fraction of sp³-hybridized carbons (Fsp3) is 0.923. The lowest BCUT2D eigenvalue weighted by Crippen LogP contribution is -2.32. The highest BCUT2D eigenvalue weighted by molar-refractivity contribution is 7.98. The Balaban J connectivity index is 2.04. The van der Waals surface area contributed by atoms with Crippen molar-refractivity contribution in [2.75, 3.05) is 31.6 Å². The Hall–Kier alpha value is -0.220. The maximum absolute atomic E-state index is 11.7. The van der Waals surface area contributed by atoms with E-state index >= 15 is 0 Å². The van der Waals surface area contributed by atoms with Crippen molar-refractivity contribution in [3.8, 4) is 0 Å². The van der Waals surface area contributed by atoms with E-state index in [0.29, 0.717) is 18.3 Å². The van der Waals surface area contributed by atoms with E-state index in [1.165, 1.54) is 12.8 Å². The van der Waals surface area contributed by atoms with Gasteiger partial charge in [0.15, 0.2) is 0 Å². The van der Waals surface area contributed by atoms with Crippen molar-refractivity contribution in [2.24, 2.45) is 11.8 Å². The van der Waals surface area contributed by atoms with E-state index in [1.807, 2.05) is 11.8 Å². The van der Waals surface area contributed by atoms with Gasteiger partial charge in [-0.15, -0.1) is 0 Å². The average Bonchev–Trinajstić information content (AvgIpc) is 2.35. The molecule has 0 bridgehead atoms. The summed E-state index contributed by atoms with van der Waals surface area (Å²) in [4.78, 5) is 11.7. The Morgan fingerprint density at radius 3 is 3.06 bits per heavy atom. The molecule has 1 aliphatic rings. The Labute approximate surface area is 109 Å². The van der Waals surface area contributed by atoms with Crippen LogP contribution in [0.4, 0.5) is 0 Å². The molecule has 0 saturated carbocycles. The molecule has 0 radical (unpaired) electrons. The smallest absolute Gasteiger partial charge is 0.220 e. The monoisotopic (exact) mass is 258 g/mol. The lowest BCUT2D eigenvalue weighted by molar-refractivity contribution is -0.121. The maximum atomic E-state index is 11.7. The van der Waals surface area contributed by atoms with Crippen molar-refractivity contribution in [3.63, 3.8) is 0 Å². The lowest BCUT2D eigenvalue weighted by Gasteiger charge is -2.22. The molecule has 2 atom stereocenters. The molecule has 3 nitrogen and oxygen atoms in total. The van der Waals surface area contributed by atoms with E-state index in [1.54, 1.807) is 0 Å². The molecule has 4 heteroatoms. The summed E-state index contributed by atoms with van der Waals surface area (Å²) >= 11 is 1.84. The van der Waals surface area contributed by atoms with Gasteiger partial charge in [-0.1, -0.05) is 6.92 Å². The van der Waals surface area contributed by atoms with Gasteiger partial charge in [0.25, 0.3) is 0 Å². The zero-order valence-electron chi connectivity index (χ0n) is 11.1. The molecule has 0 aromatic rings.